The lowest BCUT2D eigenvalue weighted by Crippen LogP contribution is -2.45. The van der Waals surface area contributed by atoms with Crippen molar-refractivity contribution in [3.63, 3.8) is 0 Å². The Morgan fingerprint density at radius 1 is 1.29 bits per heavy atom. The summed E-state index contributed by atoms with van der Waals surface area (Å²) in [5, 5.41) is 0. The fourth-order valence-electron chi connectivity index (χ4n) is 3.42. The number of methoxy groups -OCH3 is 1. The van der Waals surface area contributed by atoms with Crippen molar-refractivity contribution in [1.82, 2.24) is 14.5 Å². The Balaban J connectivity index is 1.59. The SMILES string of the molecule is COC1(c2nccn2C)CCN(c2nc3cccc(F)c3o2)CC1. The van der Waals surface area contributed by atoms with Gasteiger partial charge in [0.05, 0.1) is 0 Å². The molecule has 4 rings (SSSR count). The molecule has 3 heterocycles. The molecule has 1 saturated heterocycles. The number of halogens is 1. The molecule has 0 unspecified atom stereocenters. The second-order valence-corrected chi connectivity index (χ2v) is 6.13. The standard InChI is InChI=1S/C17H19FN4O2/c1-21-11-8-19-15(21)17(23-2)6-9-22(10-7-17)16-20-13-5-3-4-12(18)14(13)24-16/h3-5,8,11H,6-7,9-10H2,1-2H3. The van der Waals surface area contributed by atoms with Gasteiger partial charge in [0.25, 0.3) is 6.01 Å². The highest BCUT2D eigenvalue weighted by Gasteiger charge is 2.40. The van der Waals surface area contributed by atoms with Crippen LogP contribution in [0.25, 0.3) is 11.1 Å². The lowest BCUT2D eigenvalue weighted by atomic mass is 9.90. The number of fused-ring (bicyclic) bond motifs is 1. The summed E-state index contributed by atoms with van der Waals surface area (Å²) in [7, 11) is 3.69. The number of nitrogens with zero attached hydrogens (tertiary/aromatic N) is 4. The lowest BCUT2D eigenvalue weighted by molar-refractivity contribution is -0.0441. The van der Waals surface area contributed by atoms with Crippen molar-refractivity contribution in [3.8, 4) is 0 Å². The first-order chi connectivity index (χ1) is 11.6. The van der Waals surface area contributed by atoms with Gasteiger partial charge in [0, 0.05) is 52.5 Å². The molecule has 0 amide bonds. The van der Waals surface area contributed by atoms with E-state index in [1.54, 1.807) is 25.4 Å². The maximum absolute atomic E-state index is 13.8. The third-order valence-corrected chi connectivity index (χ3v) is 4.82. The molecule has 2 aromatic heterocycles. The van der Waals surface area contributed by atoms with Crippen molar-refractivity contribution in [2.45, 2.75) is 18.4 Å². The van der Waals surface area contributed by atoms with Gasteiger partial charge in [-0.15, -0.1) is 0 Å². The van der Waals surface area contributed by atoms with Crippen LogP contribution < -0.4 is 4.90 Å². The third kappa shape index (κ3) is 2.27. The quantitative estimate of drug-likeness (QED) is 0.739. The molecule has 0 aliphatic carbocycles. The van der Waals surface area contributed by atoms with Crippen LogP contribution in [0.5, 0.6) is 0 Å². The maximum atomic E-state index is 13.8. The first kappa shape index (κ1) is 15.1. The number of para-hydroxylation sites is 1. The normalized spacial score (nSPS) is 17.5. The van der Waals surface area contributed by atoms with Gasteiger partial charge < -0.3 is 18.6 Å². The number of piperidine rings is 1. The van der Waals surface area contributed by atoms with Crippen LogP contribution in [0.1, 0.15) is 18.7 Å². The highest BCUT2D eigenvalue weighted by atomic mass is 19.1. The first-order valence-electron chi connectivity index (χ1n) is 7.96. The predicted octanol–water partition coefficient (Wildman–Crippen LogP) is 2.84. The zero-order valence-corrected chi connectivity index (χ0v) is 13.7. The van der Waals surface area contributed by atoms with Crippen LogP contribution in [-0.2, 0) is 17.4 Å². The van der Waals surface area contributed by atoms with Gasteiger partial charge in [0.1, 0.15) is 16.9 Å². The lowest BCUT2D eigenvalue weighted by Gasteiger charge is -2.39. The second-order valence-electron chi connectivity index (χ2n) is 6.13. The fourth-order valence-corrected chi connectivity index (χ4v) is 3.42. The Hall–Kier alpha value is -2.41. The zero-order chi connectivity index (χ0) is 16.7. The Bertz CT molecular complexity index is 864. The Kier molecular flexibility index (Phi) is 3.53. The Labute approximate surface area is 138 Å². The van der Waals surface area contributed by atoms with Crippen molar-refractivity contribution in [2.24, 2.45) is 7.05 Å². The summed E-state index contributed by atoms with van der Waals surface area (Å²) in [6, 6.07) is 5.23. The largest absolute Gasteiger partial charge is 0.420 e. The van der Waals surface area contributed by atoms with E-state index in [1.165, 1.54) is 6.07 Å². The minimum Gasteiger partial charge on any atom is -0.420 e. The molecule has 126 valence electrons. The van der Waals surface area contributed by atoms with E-state index < -0.39 is 5.60 Å². The van der Waals surface area contributed by atoms with Gasteiger partial charge in [-0.3, -0.25) is 0 Å². The van der Waals surface area contributed by atoms with E-state index in [-0.39, 0.29) is 11.4 Å². The van der Waals surface area contributed by atoms with Gasteiger partial charge in [0.2, 0.25) is 0 Å². The number of aromatic nitrogens is 3. The summed E-state index contributed by atoms with van der Waals surface area (Å²) in [5.41, 5.74) is 0.337. The smallest absolute Gasteiger partial charge is 0.298 e. The van der Waals surface area contributed by atoms with Crippen LogP contribution in [0, 0.1) is 5.82 Å². The van der Waals surface area contributed by atoms with Gasteiger partial charge in [-0.05, 0) is 12.1 Å². The summed E-state index contributed by atoms with van der Waals surface area (Å²) in [5.74, 6) is 0.538. The molecule has 24 heavy (non-hydrogen) atoms. The summed E-state index contributed by atoms with van der Waals surface area (Å²) in [6.45, 7) is 1.41. The molecule has 7 heteroatoms. The summed E-state index contributed by atoms with van der Waals surface area (Å²) in [4.78, 5) is 10.9. The average Bonchev–Trinajstić information content (AvgIpc) is 3.22. The minimum absolute atomic E-state index is 0.208. The first-order valence-corrected chi connectivity index (χ1v) is 7.96. The third-order valence-electron chi connectivity index (χ3n) is 4.82. The Morgan fingerprint density at radius 2 is 2.08 bits per heavy atom. The molecule has 3 aromatic rings. The van der Waals surface area contributed by atoms with E-state index in [2.05, 4.69) is 9.97 Å². The molecule has 0 bridgehead atoms. The number of hydrogen-bond acceptors (Lipinski definition) is 5. The molecule has 1 aromatic carbocycles. The number of aryl methyl sites for hydroxylation is 1. The van der Waals surface area contributed by atoms with Gasteiger partial charge >= 0.3 is 0 Å². The van der Waals surface area contributed by atoms with Crippen LogP contribution in [0.4, 0.5) is 10.4 Å². The van der Waals surface area contributed by atoms with Crippen molar-refractivity contribution in [3.05, 3.63) is 42.2 Å². The number of imidazole rings is 1. The molecule has 0 atom stereocenters. The topological polar surface area (TPSA) is 56.3 Å². The molecular weight excluding hydrogens is 311 g/mol. The van der Waals surface area contributed by atoms with Gasteiger partial charge in [-0.25, -0.2) is 9.37 Å². The van der Waals surface area contributed by atoms with Crippen LogP contribution in [0.3, 0.4) is 0 Å². The van der Waals surface area contributed by atoms with Crippen molar-refractivity contribution >= 4 is 17.1 Å². The molecule has 1 aliphatic rings. The molecule has 0 saturated carbocycles. The molecule has 1 fully saturated rings. The van der Waals surface area contributed by atoms with E-state index in [0.29, 0.717) is 24.6 Å². The number of benzene rings is 1. The molecular formula is C17H19FN4O2. The summed E-state index contributed by atoms with van der Waals surface area (Å²) >= 11 is 0. The number of anilines is 1. The average molecular weight is 330 g/mol. The molecule has 0 radical (unpaired) electrons. The monoisotopic (exact) mass is 330 g/mol. The van der Waals surface area contributed by atoms with Crippen LogP contribution in [-0.4, -0.2) is 34.7 Å². The highest BCUT2D eigenvalue weighted by Crippen LogP contribution is 2.37. The van der Waals surface area contributed by atoms with Gasteiger partial charge in [0.15, 0.2) is 11.4 Å². The maximum Gasteiger partial charge on any atom is 0.298 e. The highest BCUT2D eigenvalue weighted by molar-refractivity contribution is 5.75. The van der Waals surface area contributed by atoms with E-state index in [0.717, 1.165) is 18.7 Å². The van der Waals surface area contributed by atoms with Gasteiger partial charge in [-0.2, -0.15) is 4.98 Å². The summed E-state index contributed by atoms with van der Waals surface area (Å²) in [6.07, 6.45) is 5.23. The molecule has 6 nitrogen and oxygen atoms in total. The van der Waals surface area contributed by atoms with E-state index in [4.69, 9.17) is 9.15 Å². The number of oxazole rings is 1. The Morgan fingerprint density at radius 3 is 2.71 bits per heavy atom. The van der Waals surface area contributed by atoms with Crippen molar-refractivity contribution in [2.75, 3.05) is 25.1 Å². The molecule has 0 spiro atoms. The van der Waals surface area contributed by atoms with Crippen LogP contribution in [0.2, 0.25) is 0 Å². The second kappa shape index (κ2) is 5.59. The predicted molar refractivity (Wildman–Crippen MR) is 87.3 cm³/mol. The van der Waals surface area contributed by atoms with E-state index in [1.807, 2.05) is 22.7 Å². The number of hydrogen-bond donors (Lipinski definition) is 0. The van der Waals surface area contributed by atoms with E-state index >= 15 is 0 Å². The van der Waals surface area contributed by atoms with E-state index in [9.17, 15) is 4.39 Å². The zero-order valence-electron chi connectivity index (χ0n) is 13.7. The minimum atomic E-state index is -0.411. The van der Waals surface area contributed by atoms with Crippen molar-refractivity contribution in [1.29, 1.82) is 0 Å². The number of ether oxygens (including phenoxy) is 1. The fraction of sp³-hybridized carbons (Fsp3) is 0.412. The summed E-state index contributed by atoms with van der Waals surface area (Å²) < 4.78 is 27.3. The van der Waals surface area contributed by atoms with Crippen LogP contribution >= 0.6 is 0 Å². The van der Waals surface area contributed by atoms with Gasteiger partial charge in [-0.1, -0.05) is 6.07 Å². The van der Waals surface area contributed by atoms with Crippen molar-refractivity contribution < 1.29 is 13.5 Å². The molecule has 0 N–H and O–H groups in total. The molecule has 1 aliphatic heterocycles. The van der Waals surface area contributed by atoms with Crippen LogP contribution in [0.15, 0.2) is 35.0 Å². The number of rotatable bonds is 3.